The van der Waals surface area contributed by atoms with Gasteiger partial charge in [-0.25, -0.2) is 0 Å². The van der Waals surface area contributed by atoms with Crippen LogP contribution in [0, 0.1) is 0 Å². The Morgan fingerprint density at radius 1 is 1.20 bits per heavy atom. The number of rotatable bonds is 1. The van der Waals surface area contributed by atoms with Crippen LogP contribution in [-0.2, 0) is 0 Å². The molecule has 0 nitrogen and oxygen atoms in total. The second-order valence-corrected chi connectivity index (χ2v) is 12.2. The average Bonchev–Trinajstić information content (AvgIpc) is 1.60. The largest absolute Gasteiger partial charge is 0.165 e. The number of hydrogen-bond acceptors (Lipinski definition) is 0. The van der Waals surface area contributed by atoms with Gasteiger partial charge in [0.15, 0.2) is 2.14 Å². The second kappa shape index (κ2) is 5.37. The number of hydrogen-bond donors (Lipinski definition) is 0. The van der Waals surface area contributed by atoms with E-state index in [2.05, 4.69) is 95.6 Å². The third kappa shape index (κ3) is 6.17. The summed E-state index contributed by atoms with van der Waals surface area (Å²) in [4.78, 5) is 0. The van der Waals surface area contributed by atoms with Gasteiger partial charge in [-0.1, -0.05) is 95.6 Å². The van der Waals surface area contributed by atoms with Crippen LogP contribution in [0.1, 0.15) is 0 Å². The minimum absolute atomic E-state index is 0.168. The van der Waals surface area contributed by atoms with Gasteiger partial charge >= 0.3 is 0 Å². The fourth-order valence-corrected chi connectivity index (χ4v) is 2.10. The predicted octanol–water partition coefficient (Wildman–Crippen LogP) is 5.22. The zero-order valence-corrected chi connectivity index (χ0v) is 13.9. The standard InChI is InChI=1S/C4H2Br6/c5-2(1-3(6)7)4(8,9)10/h1,3H. The topological polar surface area (TPSA) is 0 Å². The maximum atomic E-state index is 3.36. The lowest BCUT2D eigenvalue weighted by atomic mass is 10.6. The van der Waals surface area contributed by atoms with Crippen LogP contribution >= 0.6 is 95.6 Å². The Balaban J connectivity index is 4.20. The Labute approximate surface area is 110 Å². The molecular formula is C4H2Br6. The smallest absolute Gasteiger partial charge is 0.0718 e. The summed E-state index contributed by atoms with van der Waals surface area (Å²) in [5.74, 6) is 0. The first-order valence-corrected chi connectivity index (χ1v) is 7.07. The molecule has 0 amide bonds. The quantitative estimate of drug-likeness (QED) is 0.409. The van der Waals surface area contributed by atoms with E-state index in [4.69, 9.17) is 0 Å². The van der Waals surface area contributed by atoms with E-state index in [1.165, 1.54) is 0 Å². The van der Waals surface area contributed by atoms with Gasteiger partial charge in [-0.2, -0.15) is 0 Å². The maximum Gasteiger partial charge on any atom is 0.165 e. The highest BCUT2D eigenvalue weighted by atomic mass is 80.0. The fourth-order valence-electron chi connectivity index (χ4n) is 0.205. The Bertz CT molecular complexity index is 131. The average molecular weight is 529 g/mol. The van der Waals surface area contributed by atoms with E-state index in [0.29, 0.717) is 0 Å². The molecule has 0 N–H and O–H groups in total. The molecular weight excluding hydrogens is 527 g/mol. The molecule has 0 saturated heterocycles. The minimum atomic E-state index is -0.354. The molecule has 0 atom stereocenters. The van der Waals surface area contributed by atoms with E-state index >= 15 is 0 Å². The van der Waals surface area contributed by atoms with Crippen molar-refractivity contribution in [3.63, 3.8) is 0 Å². The first-order chi connectivity index (χ1) is 4.34. The van der Waals surface area contributed by atoms with Crippen molar-refractivity contribution < 1.29 is 0 Å². The minimum Gasteiger partial charge on any atom is -0.0718 e. The molecule has 0 aliphatic carbocycles. The lowest BCUT2D eigenvalue weighted by molar-refractivity contribution is 1.54. The van der Waals surface area contributed by atoms with Crippen molar-refractivity contribution >= 4 is 95.6 Å². The molecule has 0 heterocycles. The lowest BCUT2D eigenvalue weighted by Crippen LogP contribution is -1.99. The van der Waals surface area contributed by atoms with Gasteiger partial charge in [-0.3, -0.25) is 0 Å². The summed E-state index contributed by atoms with van der Waals surface area (Å²) in [5.41, 5.74) is 0. The predicted molar refractivity (Wildman–Crippen MR) is 68.2 cm³/mol. The van der Waals surface area contributed by atoms with Crippen LogP contribution in [0.3, 0.4) is 0 Å². The van der Waals surface area contributed by atoms with Gasteiger partial charge in [0.25, 0.3) is 0 Å². The summed E-state index contributed by atoms with van der Waals surface area (Å²) in [6, 6.07) is 0. The first kappa shape index (κ1) is 12.6. The highest BCUT2D eigenvalue weighted by Crippen LogP contribution is 2.44. The molecule has 0 spiro atoms. The van der Waals surface area contributed by atoms with Gasteiger partial charge in [-0.05, 0) is 6.08 Å². The number of alkyl halides is 5. The van der Waals surface area contributed by atoms with E-state index in [1.54, 1.807) is 0 Å². The van der Waals surface area contributed by atoms with Gasteiger partial charge in [0.2, 0.25) is 0 Å². The van der Waals surface area contributed by atoms with Gasteiger partial charge < -0.3 is 0 Å². The Hall–Kier alpha value is 2.62. The van der Waals surface area contributed by atoms with Gasteiger partial charge in [-0.15, -0.1) is 0 Å². The van der Waals surface area contributed by atoms with E-state index in [9.17, 15) is 0 Å². The highest BCUT2D eigenvalue weighted by molar-refractivity contribution is 9.40. The number of allylic oxidation sites excluding steroid dienone is 2. The van der Waals surface area contributed by atoms with Crippen LogP contribution in [0.25, 0.3) is 0 Å². The van der Waals surface area contributed by atoms with E-state index in [1.807, 2.05) is 6.08 Å². The molecule has 0 aromatic heterocycles. The molecule has 10 heavy (non-hydrogen) atoms. The summed E-state index contributed by atoms with van der Waals surface area (Å²) in [5, 5.41) is 0. The van der Waals surface area contributed by atoms with Gasteiger partial charge in [0.1, 0.15) is 0 Å². The normalized spacial score (nSPS) is 14.5. The fraction of sp³-hybridized carbons (Fsp3) is 0.500. The monoisotopic (exact) mass is 524 g/mol. The van der Waals surface area contributed by atoms with Crippen LogP contribution in [0.15, 0.2) is 10.6 Å². The summed E-state index contributed by atoms with van der Waals surface area (Å²) in [6.45, 7) is 0. The Morgan fingerprint density at radius 2 is 1.60 bits per heavy atom. The molecule has 0 aromatic carbocycles. The molecule has 0 aromatic rings. The second-order valence-electron chi connectivity index (χ2n) is 1.35. The summed E-state index contributed by atoms with van der Waals surface area (Å²) < 4.78 is 0.771. The third-order valence-corrected chi connectivity index (χ3v) is 4.81. The number of halogens is 6. The molecule has 0 fully saturated rings. The van der Waals surface area contributed by atoms with Crippen molar-refractivity contribution in [3.05, 3.63) is 10.6 Å². The van der Waals surface area contributed by atoms with Crippen LogP contribution in [0.5, 0.6) is 0 Å². The first-order valence-electron chi connectivity index (χ1n) is 2.06. The molecule has 0 saturated carbocycles. The molecule has 0 unspecified atom stereocenters. The molecule has 0 aliphatic heterocycles. The van der Waals surface area contributed by atoms with E-state index in [-0.39, 0.29) is 5.88 Å². The van der Waals surface area contributed by atoms with Crippen molar-refractivity contribution in [2.75, 3.05) is 0 Å². The zero-order chi connectivity index (χ0) is 8.36. The Morgan fingerprint density at radius 3 is 1.70 bits per heavy atom. The van der Waals surface area contributed by atoms with E-state index in [0.717, 1.165) is 4.48 Å². The van der Waals surface area contributed by atoms with Crippen LogP contribution in [0.4, 0.5) is 0 Å². The molecule has 0 rings (SSSR count). The molecule has 6 heteroatoms. The molecule has 60 valence electrons. The lowest BCUT2D eigenvalue weighted by Gasteiger charge is -2.10. The van der Waals surface area contributed by atoms with Crippen molar-refractivity contribution in [1.82, 2.24) is 0 Å². The van der Waals surface area contributed by atoms with Crippen molar-refractivity contribution in [2.45, 2.75) is 5.88 Å². The van der Waals surface area contributed by atoms with Crippen LogP contribution in [-0.4, -0.2) is 5.88 Å². The van der Waals surface area contributed by atoms with Crippen molar-refractivity contribution in [2.24, 2.45) is 0 Å². The Kier molecular flexibility index (Phi) is 6.78. The maximum absolute atomic E-state index is 3.36. The summed E-state index contributed by atoms with van der Waals surface area (Å²) >= 11 is 20.0. The molecule has 0 aliphatic rings. The van der Waals surface area contributed by atoms with Crippen LogP contribution in [0.2, 0.25) is 0 Å². The zero-order valence-electron chi connectivity index (χ0n) is 4.42. The van der Waals surface area contributed by atoms with Crippen molar-refractivity contribution in [3.8, 4) is 0 Å². The van der Waals surface area contributed by atoms with Gasteiger partial charge in [0.05, 0.1) is 3.74 Å². The molecule has 0 bridgehead atoms. The summed E-state index contributed by atoms with van der Waals surface area (Å²) in [7, 11) is 0. The third-order valence-electron chi connectivity index (χ3n) is 0.543. The summed E-state index contributed by atoms with van der Waals surface area (Å²) in [6.07, 6.45) is 1.94. The van der Waals surface area contributed by atoms with Crippen molar-refractivity contribution in [1.29, 1.82) is 0 Å². The SMILES string of the molecule is BrC(=CC(Br)Br)C(Br)(Br)Br. The van der Waals surface area contributed by atoms with E-state index < -0.39 is 0 Å². The van der Waals surface area contributed by atoms with Crippen LogP contribution < -0.4 is 0 Å². The van der Waals surface area contributed by atoms with Gasteiger partial charge in [0, 0.05) is 4.48 Å². The molecule has 0 radical (unpaired) electrons. The highest BCUT2D eigenvalue weighted by Gasteiger charge is 2.21.